The average molecular weight is 488 g/mol. The molecule has 0 spiro atoms. The first kappa shape index (κ1) is 22.7. The third-order valence-corrected chi connectivity index (χ3v) is 5.74. The average Bonchev–Trinajstić information content (AvgIpc) is 2.72. The Morgan fingerprint density at radius 2 is 1.73 bits per heavy atom. The minimum absolute atomic E-state index is 0.100. The third kappa shape index (κ3) is 6.04. The molecule has 3 N–H and O–H groups in total. The highest BCUT2D eigenvalue weighted by molar-refractivity contribution is 7.80. The van der Waals surface area contributed by atoms with Crippen LogP contribution in [0.1, 0.15) is 12.8 Å². The second kappa shape index (κ2) is 10.4. The standard InChI is InChI=1S/C20H21Cl3N4O2S/c1-29-18-11-16(2-3-17(18)23)27-6-4-12(5-7-27)19(28)25-26-20(30)24-15-9-13(21)8-14(22)10-15/h2-3,8-12H,4-7H2,1H3,(H,25,28)(H2,24,26,30). The number of thiocarbonyl (C=S) groups is 1. The summed E-state index contributed by atoms with van der Waals surface area (Å²) < 4.78 is 5.28. The number of carbonyl (C=O) groups excluding carboxylic acids is 1. The Balaban J connectivity index is 1.46. The predicted octanol–water partition coefficient (Wildman–Crippen LogP) is 4.89. The van der Waals surface area contributed by atoms with Crippen LogP contribution in [0, 0.1) is 5.92 Å². The van der Waals surface area contributed by atoms with Crippen molar-refractivity contribution in [2.75, 3.05) is 30.4 Å². The van der Waals surface area contributed by atoms with Gasteiger partial charge < -0.3 is 15.0 Å². The summed E-state index contributed by atoms with van der Waals surface area (Å²) in [4.78, 5) is 14.7. The Morgan fingerprint density at radius 3 is 2.37 bits per heavy atom. The SMILES string of the molecule is COc1cc(N2CCC(C(=O)NNC(=S)Nc3cc(Cl)cc(Cl)c3)CC2)ccc1Cl. The largest absolute Gasteiger partial charge is 0.495 e. The van der Waals surface area contributed by atoms with Crippen LogP contribution in [0.4, 0.5) is 11.4 Å². The van der Waals surface area contributed by atoms with Crippen molar-refractivity contribution in [1.29, 1.82) is 0 Å². The Labute approximate surface area is 195 Å². The first-order valence-corrected chi connectivity index (χ1v) is 10.8. The monoisotopic (exact) mass is 486 g/mol. The minimum atomic E-state index is -0.105. The molecule has 0 radical (unpaired) electrons. The van der Waals surface area contributed by atoms with Crippen molar-refractivity contribution >= 4 is 69.4 Å². The number of carbonyl (C=O) groups is 1. The minimum Gasteiger partial charge on any atom is -0.495 e. The third-order valence-electron chi connectivity index (χ3n) is 4.79. The lowest BCUT2D eigenvalue weighted by atomic mass is 9.96. The van der Waals surface area contributed by atoms with Gasteiger partial charge in [0.2, 0.25) is 5.91 Å². The van der Waals surface area contributed by atoms with Crippen molar-refractivity contribution in [1.82, 2.24) is 10.9 Å². The number of nitrogens with zero attached hydrogens (tertiary/aromatic N) is 1. The number of halogens is 3. The summed E-state index contributed by atoms with van der Waals surface area (Å²) in [5, 5.41) is 4.73. The first-order valence-electron chi connectivity index (χ1n) is 9.27. The van der Waals surface area contributed by atoms with E-state index < -0.39 is 0 Å². The second-order valence-corrected chi connectivity index (χ2v) is 8.49. The Morgan fingerprint density at radius 1 is 1.07 bits per heavy atom. The summed E-state index contributed by atoms with van der Waals surface area (Å²) in [6.45, 7) is 1.51. The van der Waals surface area contributed by atoms with Crippen LogP contribution in [-0.4, -0.2) is 31.2 Å². The maximum atomic E-state index is 12.5. The van der Waals surface area contributed by atoms with Gasteiger partial charge in [0.05, 0.1) is 12.1 Å². The van der Waals surface area contributed by atoms with Gasteiger partial charge in [0.25, 0.3) is 0 Å². The molecule has 2 aromatic rings. The molecule has 3 rings (SSSR count). The number of amides is 1. The van der Waals surface area contributed by atoms with Crippen LogP contribution >= 0.6 is 47.0 Å². The number of hydrazine groups is 1. The lowest BCUT2D eigenvalue weighted by molar-refractivity contribution is -0.126. The highest BCUT2D eigenvalue weighted by Gasteiger charge is 2.25. The van der Waals surface area contributed by atoms with Gasteiger partial charge in [0, 0.05) is 46.5 Å². The van der Waals surface area contributed by atoms with Gasteiger partial charge in [-0.1, -0.05) is 34.8 Å². The van der Waals surface area contributed by atoms with Gasteiger partial charge >= 0.3 is 0 Å². The van der Waals surface area contributed by atoms with Crippen LogP contribution in [0.15, 0.2) is 36.4 Å². The van der Waals surface area contributed by atoms with Gasteiger partial charge in [-0.3, -0.25) is 15.6 Å². The summed E-state index contributed by atoms with van der Waals surface area (Å²) in [5.74, 6) is 0.434. The van der Waals surface area contributed by atoms with Crippen LogP contribution in [0.25, 0.3) is 0 Å². The molecule has 1 aliphatic heterocycles. The molecule has 2 aromatic carbocycles. The van der Waals surface area contributed by atoms with Crippen LogP contribution in [0.5, 0.6) is 5.75 Å². The summed E-state index contributed by atoms with van der Waals surface area (Å²) in [5.41, 5.74) is 7.05. The van der Waals surface area contributed by atoms with Crippen molar-refractivity contribution < 1.29 is 9.53 Å². The van der Waals surface area contributed by atoms with Crippen LogP contribution in [0.2, 0.25) is 15.1 Å². The molecule has 0 bridgehead atoms. The van der Waals surface area contributed by atoms with Crippen molar-refractivity contribution in [3.05, 3.63) is 51.5 Å². The number of hydrogen-bond donors (Lipinski definition) is 3. The van der Waals surface area contributed by atoms with E-state index in [0.717, 1.165) is 31.6 Å². The molecule has 0 aliphatic carbocycles. The van der Waals surface area contributed by atoms with Gasteiger partial charge in [-0.05, 0) is 55.4 Å². The number of nitrogens with one attached hydrogen (secondary N) is 3. The molecule has 0 saturated carbocycles. The van der Waals surface area contributed by atoms with E-state index in [4.69, 9.17) is 51.8 Å². The number of benzene rings is 2. The van der Waals surface area contributed by atoms with E-state index in [0.29, 0.717) is 26.5 Å². The molecule has 1 saturated heterocycles. The smallest absolute Gasteiger partial charge is 0.241 e. The maximum Gasteiger partial charge on any atom is 0.241 e. The molecule has 0 aromatic heterocycles. The molecule has 30 heavy (non-hydrogen) atoms. The highest BCUT2D eigenvalue weighted by atomic mass is 35.5. The van der Waals surface area contributed by atoms with E-state index in [-0.39, 0.29) is 16.9 Å². The number of hydrogen-bond acceptors (Lipinski definition) is 4. The lowest BCUT2D eigenvalue weighted by Crippen LogP contribution is -2.48. The molecule has 1 aliphatic rings. The van der Waals surface area contributed by atoms with E-state index in [1.165, 1.54) is 0 Å². The van der Waals surface area contributed by atoms with Gasteiger partial charge in [0.15, 0.2) is 5.11 Å². The topological polar surface area (TPSA) is 65.6 Å². The Kier molecular flexibility index (Phi) is 7.88. The number of methoxy groups -OCH3 is 1. The van der Waals surface area contributed by atoms with E-state index in [1.54, 1.807) is 25.3 Å². The fourth-order valence-electron chi connectivity index (χ4n) is 3.25. The summed E-state index contributed by atoms with van der Waals surface area (Å²) in [7, 11) is 1.59. The quantitative estimate of drug-likeness (QED) is 0.421. The van der Waals surface area contributed by atoms with E-state index >= 15 is 0 Å². The predicted molar refractivity (Wildman–Crippen MR) is 127 cm³/mol. The zero-order chi connectivity index (χ0) is 21.7. The zero-order valence-electron chi connectivity index (χ0n) is 16.2. The summed E-state index contributed by atoms with van der Waals surface area (Å²) >= 11 is 23.2. The number of piperidine rings is 1. The molecule has 6 nitrogen and oxygen atoms in total. The molecule has 1 amide bonds. The molecule has 1 fully saturated rings. The molecule has 10 heteroatoms. The van der Waals surface area contributed by atoms with Gasteiger partial charge in [-0.25, -0.2) is 0 Å². The molecule has 160 valence electrons. The zero-order valence-corrected chi connectivity index (χ0v) is 19.3. The van der Waals surface area contributed by atoms with Crippen LogP contribution < -0.4 is 25.8 Å². The number of ether oxygens (including phenoxy) is 1. The van der Waals surface area contributed by atoms with E-state index in [1.807, 2.05) is 18.2 Å². The molecular weight excluding hydrogens is 467 g/mol. The second-order valence-electron chi connectivity index (χ2n) is 6.81. The highest BCUT2D eigenvalue weighted by Crippen LogP contribution is 2.31. The number of rotatable bonds is 4. The summed E-state index contributed by atoms with van der Waals surface area (Å²) in [6, 6.07) is 10.7. The van der Waals surface area contributed by atoms with Crippen molar-refractivity contribution in [3.8, 4) is 5.75 Å². The van der Waals surface area contributed by atoms with Gasteiger partial charge in [-0.2, -0.15) is 0 Å². The molecule has 0 unspecified atom stereocenters. The van der Waals surface area contributed by atoms with Crippen molar-refractivity contribution in [2.45, 2.75) is 12.8 Å². The Hall–Kier alpha value is -1.93. The van der Waals surface area contributed by atoms with Crippen LogP contribution in [0.3, 0.4) is 0 Å². The Bertz CT molecular complexity index is 916. The van der Waals surface area contributed by atoms with Crippen molar-refractivity contribution in [2.24, 2.45) is 5.92 Å². The normalized spacial score (nSPS) is 14.2. The number of anilines is 2. The lowest BCUT2D eigenvalue weighted by Gasteiger charge is -2.33. The summed E-state index contributed by atoms with van der Waals surface area (Å²) in [6.07, 6.45) is 1.45. The van der Waals surface area contributed by atoms with Gasteiger partial charge in [-0.15, -0.1) is 0 Å². The van der Waals surface area contributed by atoms with Crippen molar-refractivity contribution in [3.63, 3.8) is 0 Å². The fraction of sp³-hybridized carbons (Fsp3) is 0.300. The van der Waals surface area contributed by atoms with E-state index in [9.17, 15) is 4.79 Å². The van der Waals surface area contributed by atoms with Crippen LogP contribution in [-0.2, 0) is 4.79 Å². The molecular formula is C20H21Cl3N4O2S. The van der Waals surface area contributed by atoms with Gasteiger partial charge in [0.1, 0.15) is 5.75 Å². The maximum absolute atomic E-state index is 12.5. The molecule has 0 atom stereocenters. The molecule has 1 heterocycles. The van der Waals surface area contributed by atoms with E-state index in [2.05, 4.69) is 21.1 Å². The fourth-order valence-corrected chi connectivity index (χ4v) is 4.14. The first-order chi connectivity index (χ1) is 14.4.